The molecule has 0 atom stereocenters. The number of nitrogens with two attached hydrogens (primary N) is 1. The van der Waals surface area contributed by atoms with Crippen LogP contribution in [0.1, 0.15) is 49.9 Å². The average molecular weight is 276 g/mol. The Labute approximate surface area is 120 Å². The van der Waals surface area contributed by atoms with Crippen LogP contribution in [0.25, 0.3) is 0 Å². The molecule has 1 aliphatic carbocycles. The Hall–Kier alpha value is -1.62. The number of nitrogens with zero attached hydrogens (tertiary/aromatic N) is 1. The van der Waals surface area contributed by atoms with Crippen LogP contribution in [0.3, 0.4) is 0 Å². The summed E-state index contributed by atoms with van der Waals surface area (Å²) in [4.78, 5) is 16.6. The molecule has 20 heavy (non-hydrogen) atoms. The van der Waals surface area contributed by atoms with Gasteiger partial charge in [-0.3, -0.25) is 4.79 Å². The first-order chi connectivity index (χ1) is 9.56. The van der Waals surface area contributed by atoms with Gasteiger partial charge in [0.05, 0.1) is 5.56 Å². The van der Waals surface area contributed by atoms with E-state index in [9.17, 15) is 4.79 Å². The highest BCUT2D eigenvalue weighted by Gasteiger charge is 2.22. The summed E-state index contributed by atoms with van der Waals surface area (Å²) in [5, 5.41) is 6.30. The zero-order chi connectivity index (χ0) is 14.5. The molecule has 2 rings (SSSR count). The molecule has 1 amide bonds. The van der Waals surface area contributed by atoms with Gasteiger partial charge in [0.25, 0.3) is 5.91 Å². The SMILES string of the molecule is CC(C)Nc1ncccc1C(=O)NC1CCC(N)CC1. The number of anilines is 1. The Morgan fingerprint density at radius 3 is 2.70 bits per heavy atom. The summed E-state index contributed by atoms with van der Waals surface area (Å²) in [5.41, 5.74) is 6.49. The molecular formula is C15H24N4O. The summed E-state index contributed by atoms with van der Waals surface area (Å²) in [7, 11) is 0. The normalized spacial score (nSPS) is 22.6. The Kier molecular flexibility index (Phi) is 4.95. The van der Waals surface area contributed by atoms with Crippen molar-refractivity contribution in [3.8, 4) is 0 Å². The van der Waals surface area contributed by atoms with Crippen LogP contribution < -0.4 is 16.4 Å². The van der Waals surface area contributed by atoms with Crippen LogP contribution in [0.15, 0.2) is 18.3 Å². The first kappa shape index (κ1) is 14.8. The molecule has 0 aromatic carbocycles. The smallest absolute Gasteiger partial charge is 0.255 e. The van der Waals surface area contributed by atoms with Gasteiger partial charge >= 0.3 is 0 Å². The van der Waals surface area contributed by atoms with Crippen molar-refractivity contribution in [3.05, 3.63) is 23.9 Å². The lowest BCUT2D eigenvalue weighted by molar-refractivity contribution is 0.0926. The summed E-state index contributed by atoms with van der Waals surface area (Å²) >= 11 is 0. The van der Waals surface area contributed by atoms with Crippen LogP contribution in [0.2, 0.25) is 0 Å². The molecule has 0 saturated heterocycles. The number of hydrogen-bond donors (Lipinski definition) is 3. The van der Waals surface area contributed by atoms with E-state index in [2.05, 4.69) is 15.6 Å². The van der Waals surface area contributed by atoms with Gasteiger partial charge in [-0.15, -0.1) is 0 Å². The number of amides is 1. The van der Waals surface area contributed by atoms with Gasteiger partial charge in [0, 0.05) is 24.3 Å². The van der Waals surface area contributed by atoms with Gasteiger partial charge in [0.15, 0.2) is 0 Å². The topological polar surface area (TPSA) is 80.0 Å². The van der Waals surface area contributed by atoms with Crippen molar-refractivity contribution in [2.75, 3.05) is 5.32 Å². The fourth-order valence-electron chi connectivity index (χ4n) is 2.50. The monoisotopic (exact) mass is 276 g/mol. The van der Waals surface area contributed by atoms with Crippen LogP contribution >= 0.6 is 0 Å². The van der Waals surface area contributed by atoms with E-state index in [-0.39, 0.29) is 18.0 Å². The maximum absolute atomic E-state index is 12.4. The molecule has 1 saturated carbocycles. The molecule has 5 heteroatoms. The lowest BCUT2D eigenvalue weighted by Gasteiger charge is -2.27. The molecule has 0 spiro atoms. The number of carbonyl (C=O) groups excluding carboxylic acids is 1. The lowest BCUT2D eigenvalue weighted by Crippen LogP contribution is -2.40. The van der Waals surface area contributed by atoms with Crippen molar-refractivity contribution in [2.45, 2.75) is 57.7 Å². The van der Waals surface area contributed by atoms with E-state index in [1.54, 1.807) is 12.3 Å². The standard InChI is InChI=1S/C15H24N4O/c1-10(2)18-14-13(4-3-9-17-14)15(20)19-12-7-5-11(16)6-8-12/h3-4,9-12H,5-8,16H2,1-2H3,(H,17,18)(H,19,20). The quantitative estimate of drug-likeness (QED) is 0.784. The summed E-state index contributed by atoms with van der Waals surface area (Å²) in [6.45, 7) is 4.05. The number of hydrogen-bond acceptors (Lipinski definition) is 4. The van der Waals surface area contributed by atoms with Crippen molar-refractivity contribution in [3.63, 3.8) is 0 Å². The van der Waals surface area contributed by atoms with Gasteiger partial charge in [-0.05, 0) is 51.7 Å². The number of aromatic nitrogens is 1. The molecular weight excluding hydrogens is 252 g/mol. The van der Waals surface area contributed by atoms with Crippen molar-refractivity contribution < 1.29 is 4.79 Å². The van der Waals surface area contributed by atoms with E-state index in [4.69, 9.17) is 5.73 Å². The molecule has 1 heterocycles. The highest BCUT2D eigenvalue weighted by molar-refractivity contribution is 5.98. The first-order valence-corrected chi connectivity index (χ1v) is 7.34. The predicted molar refractivity (Wildman–Crippen MR) is 80.7 cm³/mol. The van der Waals surface area contributed by atoms with Crippen LogP contribution in [0, 0.1) is 0 Å². The fraction of sp³-hybridized carbons (Fsp3) is 0.600. The maximum atomic E-state index is 12.4. The lowest BCUT2D eigenvalue weighted by atomic mass is 9.91. The van der Waals surface area contributed by atoms with E-state index in [1.165, 1.54) is 0 Å². The third-order valence-electron chi connectivity index (χ3n) is 3.58. The van der Waals surface area contributed by atoms with E-state index in [0.29, 0.717) is 17.4 Å². The van der Waals surface area contributed by atoms with Crippen LogP contribution in [0.5, 0.6) is 0 Å². The Morgan fingerprint density at radius 2 is 2.05 bits per heavy atom. The molecule has 110 valence electrons. The second-order valence-corrected chi connectivity index (χ2v) is 5.78. The largest absolute Gasteiger partial charge is 0.367 e. The molecule has 0 aliphatic heterocycles. The van der Waals surface area contributed by atoms with E-state index in [1.807, 2.05) is 19.9 Å². The first-order valence-electron chi connectivity index (χ1n) is 7.34. The summed E-state index contributed by atoms with van der Waals surface area (Å²) in [5.74, 6) is 0.592. The third-order valence-corrected chi connectivity index (χ3v) is 3.58. The highest BCUT2D eigenvalue weighted by Crippen LogP contribution is 2.19. The maximum Gasteiger partial charge on any atom is 0.255 e. The predicted octanol–water partition coefficient (Wildman–Crippen LogP) is 1.90. The van der Waals surface area contributed by atoms with Crippen molar-refractivity contribution >= 4 is 11.7 Å². The number of carbonyl (C=O) groups is 1. The van der Waals surface area contributed by atoms with Gasteiger partial charge in [-0.1, -0.05) is 0 Å². The Balaban J connectivity index is 2.01. The van der Waals surface area contributed by atoms with Gasteiger partial charge in [0.2, 0.25) is 0 Å². The zero-order valence-electron chi connectivity index (χ0n) is 12.2. The van der Waals surface area contributed by atoms with Gasteiger partial charge in [0.1, 0.15) is 5.82 Å². The van der Waals surface area contributed by atoms with Gasteiger partial charge < -0.3 is 16.4 Å². The van der Waals surface area contributed by atoms with Crippen molar-refractivity contribution in [1.29, 1.82) is 0 Å². The van der Waals surface area contributed by atoms with E-state index < -0.39 is 0 Å². The van der Waals surface area contributed by atoms with Crippen LogP contribution in [-0.4, -0.2) is 29.0 Å². The van der Waals surface area contributed by atoms with Crippen molar-refractivity contribution in [2.24, 2.45) is 5.73 Å². The Bertz CT molecular complexity index is 453. The molecule has 0 unspecified atom stereocenters. The number of nitrogens with one attached hydrogen (secondary N) is 2. The zero-order valence-corrected chi connectivity index (χ0v) is 12.2. The van der Waals surface area contributed by atoms with Crippen molar-refractivity contribution in [1.82, 2.24) is 10.3 Å². The summed E-state index contributed by atoms with van der Waals surface area (Å²) in [6, 6.07) is 4.36. The molecule has 0 radical (unpaired) electrons. The molecule has 1 fully saturated rings. The molecule has 0 bridgehead atoms. The molecule has 5 nitrogen and oxygen atoms in total. The third kappa shape index (κ3) is 3.93. The van der Waals surface area contributed by atoms with E-state index in [0.717, 1.165) is 25.7 Å². The molecule has 1 aliphatic rings. The number of pyridine rings is 1. The minimum absolute atomic E-state index is 0.0540. The van der Waals surface area contributed by atoms with Crippen LogP contribution in [0.4, 0.5) is 5.82 Å². The van der Waals surface area contributed by atoms with E-state index >= 15 is 0 Å². The van der Waals surface area contributed by atoms with Gasteiger partial charge in [-0.25, -0.2) is 4.98 Å². The van der Waals surface area contributed by atoms with Gasteiger partial charge in [-0.2, -0.15) is 0 Å². The Morgan fingerprint density at radius 1 is 1.35 bits per heavy atom. The fourth-order valence-corrected chi connectivity index (χ4v) is 2.50. The minimum Gasteiger partial charge on any atom is -0.367 e. The second-order valence-electron chi connectivity index (χ2n) is 5.78. The minimum atomic E-state index is -0.0540. The summed E-state index contributed by atoms with van der Waals surface area (Å²) < 4.78 is 0. The number of rotatable bonds is 4. The summed E-state index contributed by atoms with van der Waals surface area (Å²) in [6.07, 6.45) is 5.57. The second kappa shape index (κ2) is 6.70. The average Bonchev–Trinajstić information content (AvgIpc) is 2.41. The molecule has 1 aromatic heterocycles. The highest BCUT2D eigenvalue weighted by atomic mass is 16.1. The van der Waals surface area contributed by atoms with Crippen LogP contribution in [-0.2, 0) is 0 Å². The molecule has 1 aromatic rings. The molecule has 4 N–H and O–H groups in total.